The third-order valence-electron chi connectivity index (χ3n) is 3.62. The van der Waals surface area contributed by atoms with E-state index in [0.29, 0.717) is 13.2 Å². The molecule has 0 saturated carbocycles. The number of nitrogens with one attached hydrogen (secondary N) is 1. The molecule has 0 aliphatic carbocycles. The van der Waals surface area contributed by atoms with Gasteiger partial charge >= 0.3 is 5.97 Å². The first kappa shape index (κ1) is 14.0. The average molecular weight is 263 g/mol. The molecule has 0 bridgehead atoms. The van der Waals surface area contributed by atoms with Crippen molar-refractivity contribution in [3.63, 3.8) is 0 Å². The lowest BCUT2D eigenvalue weighted by molar-refractivity contribution is -0.151. The minimum Gasteiger partial charge on any atom is -0.469 e. The van der Waals surface area contributed by atoms with Gasteiger partial charge in [0.05, 0.1) is 19.6 Å². The zero-order valence-corrected chi connectivity index (χ0v) is 11.5. The molecule has 1 fully saturated rings. The molecule has 1 aromatic rings. The van der Waals surface area contributed by atoms with Gasteiger partial charge in [-0.3, -0.25) is 4.79 Å². The second-order valence-electron chi connectivity index (χ2n) is 4.90. The SMILES string of the molecule is COC(=O)[C@H]1COCCC1N[C@H](C)c1ccccc1. The van der Waals surface area contributed by atoms with Crippen molar-refractivity contribution in [3.05, 3.63) is 35.9 Å². The Bertz CT molecular complexity index is 407. The molecule has 2 rings (SSSR count). The number of carbonyl (C=O) groups is 1. The maximum absolute atomic E-state index is 11.8. The average Bonchev–Trinajstić information content (AvgIpc) is 2.48. The predicted octanol–water partition coefficient (Wildman–Crippen LogP) is 1.92. The summed E-state index contributed by atoms with van der Waals surface area (Å²) in [6.45, 7) is 3.23. The first-order valence-electron chi connectivity index (χ1n) is 6.69. The van der Waals surface area contributed by atoms with Crippen molar-refractivity contribution >= 4 is 5.97 Å². The van der Waals surface area contributed by atoms with Gasteiger partial charge in [-0.05, 0) is 18.9 Å². The molecule has 3 atom stereocenters. The molecule has 1 saturated heterocycles. The van der Waals surface area contributed by atoms with Gasteiger partial charge in [-0.15, -0.1) is 0 Å². The van der Waals surface area contributed by atoms with Crippen LogP contribution >= 0.6 is 0 Å². The highest BCUT2D eigenvalue weighted by Gasteiger charge is 2.33. The van der Waals surface area contributed by atoms with Crippen LogP contribution in [0.2, 0.25) is 0 Å². The third-order valence-corrected chi connectivity index (χ3v) is 3.62. The summed E-state index contributed by atoms with van der Waals surface area (Å²) in [5.41, 5.74) is 1.22. The van der Waals surface area contributed by atoms with E-state index in [1.807, 2.05) is 18.2 Å². The second-order valence-corrected chi connectivity index (χ2v) is 4.90. The standard InChI is InChI=1S/C15H21NO3/c1-11(12-6-4-3-5-7-12)16-14-8-9-19-10-13(14)15(17)18-2/h3-7,11,13-14,16H,8-10H2,1-2H3/t11-,13+,14?/m1/s1. The summed E-state index contributed by atoms with van der Waals surface area (Å²) in [5.74, 6) is -0.414. The Balaban J connectivity index is 2.01. The lowest BCUT2D eigenvalue weighted by atomic mass is 9.94. The van der Waals surface area contributed by atoms with Gasteiger partial charge in [-0.2, -0.15) is 0 Å². The Kier molecular flexibility index (Phi) is 4.93. The van der Waals surface area contributed by atoms with Crippen molar-refractivity contribution in [1.29, 1.82) is 0 Å². The molecule has 1 N–H and O–H groups in total. The largest absolute Gasteiger partial charge is 0.469 e. The molecule has 1 aromatic carbocycles. The van der Waals surface area contributed by atoms with Gasteiger partial charge in [0.15, 0.2) is 0 Å². The lowest BCUT2D eigenvalue weighted by Crippen LogP contribution is -2.47. The van der Waals surface area contributed by atoms with Gasteiger partial charge in [0.1, 0.15) is 0 Å². The number of rotatable bonds is 4. The summed E-state index contributed by atoms with van der Waals surface area (Å²) in [6.07, 6.45) is 0.830. The molecule has 4 nitrogen and oxygen atoms in total. The summed E-state index contributed by atoms with van der Waals surface area (Å²) in [6, 6.07) is 10.5. The van der Waals surface area contributed by atoms with Crippen LogP contribution in [-0.2, 0) is 14.3 Å². The van der Waals surface area contributed by atoms with E-state index in [-0.39, 0.29) is 24.0 Å². The van der Waals surface area contributed by atoms with Crippen molar-refractivity contribution in [2.24, 2.45) is 5.92 Å². The van der Waals surface area contributed by atoms with Crippen LogP contribution in [0.1, 0.15) is 24.9 Å². The molecular formula is C15H21NO3. The number of esters is 1. The molecule has 0 amide bonds. The van der Waals surface area contributed by atoms with E-state index in [9.17, 15) is 4.79 Å². The quantitative estimate of drug-likeness (QED) is 0.843. The van der Waals surface area contributed by atoms with Gasteiger partial charge in [0, 0.05) is 18.7 Å². The van der Waals surface area contributed by atoms with Crippen LogP contribution in [0.3, 0.4) is 0 Å². The highest BCUT2D eigenvalue weighted by atomic mass is 16.5. The molecule has 104 valence electrons. The maximum Gasteiger partial charge on any atom is 0.312 e. The van der Waals surface area contributed by atoms with Crippen LogP contribution in [0.4, 0.5) is 0 Å². The van der Waals surface area contributed by atoms with Gasteiger partial charge in [-0.25, -0.2) is 0 Å². The van der Waals surface area contributed by atoms with Crippen LogP contribution in [-0.4, -0.2) is 32.3 Å². The van der Waals surface area contributed by atoms with Gasteiger partial charge in [0.2, 0.25) is 0 Å². The highest BCUT2D eigenvalue weighted by Crippen LogP contribution is 2.20. The first-order valence-corrected chi connectivity index (χ1v) is 6.69. The molecule has 1 aliphatic rings. The monoisotopic (exact) mass is 263 g/mol. The number of hydrogen-bond donors (Lipinski definition) is 1. The molecule has 1 aliphatic heterocycles. The van der Waals surface area contributed by atoms with Crippen molar-refractivity contribution < 1.29 is 14.3 Å². The van der Waals surface area contributed by atoms with E-state index in [1.54, 1.807) is 0 Å². The molecule has 1 unspecified atom stereocenters. The molecule has 0 radical (unpaired) electrons. The number of carbonyl (C=O) groups excluding carboxylic acids is 1. The maximum atomic E-state index is 11.8. The number of methoxy groups -OCH3 is 1. The molecule has 1 heterocycles. The van der Waals surface area contributed by atoms with Gasteiger partial charge < -0.3 is 14.8 Å². The van der Waals surface area contributed by atoms with Crippen LogP contribution < -0.4 is 5.32 Å². The van der Waals surface area contributed by atoms with Gasteiger partial charge in [-0.1, -0.05) is 30.3 Å². The molecular weight excluding hydrogens is 242 g/mol. The predicted molar refractivity (Wildman–Crippen MR) is 72.7 cm³/mol. The molecule has 0 spiro atoms. The van der Waals surface area contributed by atoms with E-state index < -0.39 is 0 Å². The van der Waals surface area contributed by atoms with E-state index >= 15 is 0 Å². The van der Waals surface area contributed by atoms with Crippen LogP contribution in [0.25, 0.3) is 0 Å². The Morgan fingerprint density at radius 3 is 2.84 bits per heavy atom. The number of ether oxygens (including phenoxy) is 2. The molecule has 4 heteroatoms. The Hall–Kier alpha value is -1.39. The Labute approximate surface area is 114 Å². The van der Waals surface area contributed by atoms with Crippen LogP contribution in [0, 0.1) is 5.92 Å². The van der Waals surface area contributed by atoms with Crippen LogP contribution in [0.15, 0.2) is 30.3 Å². The zero-order valence-electron chi connectivity index (χ0n) is 11.5. The Morgan fingerprint density at radius 2 is 2.16 bits per heavy atom. The second kappa shape index (κ2) is 6.68. The third kappa shape index (κ3) is 3.55. The summed E-state index contributed by atoms with van der Waals surface area (Å²) in [5, 5.41) is 3.52. The molecule has 0 aromatic heterocycles. The highest BCUT2D eigenvalue weighted by molar-refractivity contribution is 5.73. The van der Waals surface area contributed by atoms with Crippen molar-refractivity contribution in [3.8, 4) is 0 Å². The van der Waals surface area contributed by atoms with Gasteiger partial charge in [0.25, 0.3) is 0 Å². The van der Waals surface area contributed by atoms with E-state index in [1.165, 1.54) is 12.7 Å². The van der Waals surface area contributed by atoms with E-state index in [2.05, 4.69) is 24.4 Å². The minimum absolute atomic E-state index is 0.108. The fourth-order valence-electron chi connectivity index (χ4n) is 2.48. The van der Waals surface area contributed by atoms with E-state index in [0.717, 1.165) is 6.42 Å². The minimum atomic E-state index is -0.218. The molecule has 19 heavy (non-hydrogen) atoms. The fourth-order valence-corrected chi connectivity index (χ4v) is 2.48. The fraction of sp³-hybridized carbons (Fsp3) is 0.533. The van der Waals surface area contributed by atoms with Crippen molar-refractivity contribution in [1.82, 2.24) is 5.32 Å². The summed E-state index contributed by atoms with van der Waals surface area (Å²) >= 11 is 0. The van der Waals surface area contributed by atoms with Crippen molar-refractivity contribution in [2.45, 2.75) is 25.4 Å². The number of benzene rings is 1. The lowest BCUT2D eigenvalue weighted by Gasteiger charge is -2.32. The summed E-state index contributed by atoms with van der Waals surface area (Å²) in [7, 11) is 1.43. The Morgan fingerprint density at radius 1 is 1.42 bits per heavy atom. The number of hydrogen-bond acceptors (Lipinski definition) is 4. The first-order chi connectivity index (χ1) is 9.22. The van der Waals surface area contributed by atoms with Crippen molar-refractivity contribution in [2.75, 3.05) is 20.3 Å². The topological polar surface area (TPSA) is 47.6 Å². The van der Waals surface area contributed by atoms with Crippen LogP contribution in [0.5, 0.6) is 0 Å². The smallest absolute Gasteiger partial charge is 0.312 e. The normalized spacial score (nSPS) is 24.7. The summed E-state index contributed by atoms with van der Waals surface area (Å²) in [4.78, 5) is 11.8. The van der Waals surface area contributed by atoms with E-state index in [4.69, 9.17) is 9.47 Å². The summed E-state index contributed by atoms with van der Waals surface area (Å²) < 4.78 is 10.2. The zero-order chi connectivity index (χ0) is 13.7.